The van der Waals surface area contributed by atoms with Crippen LogP contribution in [0.5, 0.6) is 0 Å². The number of aliphatic hydroxyl groups excluding tert-OH is 1. The van der Waals surface area contributed by atoms with E-state index >= 15 is 0 Å². The van der Waals surface area contributed by atoms with Crippen molar-refractivity contribution in [3.8, 4) is 0 Å². The molecule has 1 rings (SSSR count). The van der Waals surface area contributed by atoms with Crippen molar-refractivity contribution in [2.24, 2.45) is 5.73 Å². The number of furan rings is 1. The van der Waals surface area contributed by atoms with Crippen molar-refractivity contribution in [3.63, 3.8) is 0 Å². The maximum Gasteiger partial charge on any atom is 0.334 e. The van der Waals surface area contributed by atoms with Crippen molar-refractivity contribution in [3.05, 3.63) is 24.2 Å². The third-order valence-corrected chi connectivity index (χ3v) is 1.52. The number of carboxylic acids is 1. The molecule has 0 radical (unpaired) electrons. The molecule has 0 aliphatic heterocycles. The molecule has 1 aromatic rings. The highest BCUT2D eigenvalue weighted by Gasteiger charge is 2.24. The maximum atomic E-state index is 10.3. The minimum atomic E-state index is -1.59. The third kappa shape index (κ3) is 1.63. The molecule has 66 valence electrons. The number of hydrogen-bond donors (Lipinski definition) is 3. The van der Waals surface area contributed by atoms with Gasteiger partial charge in [0.15, 0.2) is 6.10 Å². The molecule has 4 N–H and O–H groups in total. The highest BCUT2D eigenvalue weighted by atomic mass is 16.4. The van der Waals surface area contributed by atoms with Gasteiger partial charge in [-0.25, -0.2) is 4.79 Å². The maximum absolute atomic E-state index is 10.3. The Balaban J connectivity index is 2.71. The quantitative estimate of drug-likeness (QED) is 0.581. The molecule has 5 nitrogen and oxygen atoms in total. The third-order valence-electron chi connectivity index (χ3n) is 1.52. The lowest BCUT2D eigenvalue weighted by Crippen LogP contribution is -2.32. The zero-order chi connectivity index (χ0) is 9.14. The van der Waals surface area contributed by atoms with E-state index in [0.717, 1.165) is 0 Å². The molecule has 0 spiro atoms. The molecule has 2 atom stereocenters. The molecule has 0 aliphatic rings. The summed E-state index contributed by atoms with van der Waals surface area (Å²) in [6.07, 6.45) is 1.07. The predicted molar refractivity (Wildman–Crippen MR) is 39.3 cm³/mol. The topological polar surface area (TPSA) is 96.7 Å². The summed E-state index contributed by atoms with van der Waals surface area (Å²) in [5, 5.41) is 17.4. The van der Waals surface area contributed by atoms with E-state index in [1.807, 2.05) is 0 Å². The van der Waals surface area contributed by atoms with Crippen molar-refractivity contribution in [2.45, 2.75) is 12.1 Å². The van der Waals surface area contributed by atoms with Crippen molar-refractivity contribution >= 4 is 5.97 Å². The molecule has 0 saturated heterocycles. The van der Waals surface area contributed by atoms with E-state index in [1.54, 1.807) is 0 Å². The fourth-order valence-corrected chi connectivity index (χ4v) is 0.801. The van der Waals surface area contributed by atoms with Crippen molar-refractivity contribution < 1.29 is 19.4 Å². The van der Waals surface area contributed by atoms with Gasteiger partial charge >= 0.3 is 5.97 Å². The second kappa shape index (κ2) is 3.38. The molecule has 0 amide bonds. The van der Waals surface area contributed by atoms with Gasteiger partial charge in [0.05, 0.1) is 18.6 Å². The molecule has 0 bridgehead atoms. The van der Waals surface area contributed by atoms with Gasteiger partial charge in [0, 0.05) is 5.56 Å². The largest absolute Gasteiger partial charge is 0.479 e. The van der Waals surface area contributed by atoms with Gasteiger partial charge in [-0.2, -0.15) is 0 Å². The Hall–Kier alpha value is -1.33. The summed E-state index contributed by atoms with van der Waals surface area (Å²) < 4.78 is 4.68. The van der Waals surface area contributed by atoms with Crippen LogP contribution in [0.4, 0.5) is 0 Å². The Kier molecular flexibility index (Phi) is 2.47. The first kappa shape index (κ1) is 8.76. The van der Waals surface area contributed by atoms with Crippen molar-refractivity contribution in [1.29, 1.82) is 0 Å². The summed E-state index contributed by atoms with van der Waals surface area (Å²) >= 11 is 0. The first-order valence-corrected chi connectivity index (χ1v) is 3.31. The second-order valence-corrected chi connectivity index (χ2v) is 2.37. The van der Waals surface area contributed by atoms with Gasteiger partial charge in [0.2, 0.25) is 0 Å². The number of carboxylic acid groups (broad SMARTS) is 1. The summed E-state index contributed by atoms with van der Waals surface area (Å²) in [5.41, 5.74) is 5.86. The number of hydrogen-bond acceptors (Lipinski definition) is 4. The summed E-state index contributed by atoms with van der Waals surface area (Å²) in [6, 6.07) is 0.567. The Bertz CT molecular complexity index is 256. The number of aliphatic hydroxyl groups is 1. The van der Waals surface area contributed by atoms with E-state index in [-0.39, 0.29) is 0 Å². The van der Waals surface area contributed by atoms with Crippen LogP contribution in [-0.2, 0) is 4.79 Å². The monoisotopic (exact) mass is 171 g/mol. The molecule has 0 unspecified atom stereocenters. The van der Waals surface area contributed by atoms with Crippen molar-refractivity contribution in [2.75, 3.05) is 0 Å². The van der Waals surface area contributed by atoms with E-state index in [4.69, 9.17) is 15.9 Å². The zero-order valence-corrected chi connectivity index (χ0v) is 6.18. The molecule has 1 aromatic heterocycles. The second-order valence-electron chi connectivity index (χ2n) is 2.37. The van der Waals surface area contributed by atoms with E-state index in [1.165, 1.54) is 18.6 Å². The minimum Gasteiger partial charge on any atom is -0.479 e. The minimum absolute atomic E-state index is 0.463. The van der Waals surface area contributed by atoms with Crippen LogP contribution in [-0.4, -0.2) is 22.3 Å². The normalized spacial score (nSPS) is 15.5. The molecular weight excluding hydrogens is 162 g/mol. The van der Waals surface area contributed by atoms with Crippen LogP contribution >= 0.6 is 0 Å². The van der Waals surface area contributed by atoms with Crippen LogP contribution in [0.2, 0.25) is 0 Å². The van der Waals surface area contributed by atoms with Gasteiger partial charge in [-0.1, -0.05) is 0 Å². The van der Waals surface area contributed by atoms with Crippen molar-refractivity contribution in [1.82, 2.24) is 0 Å². The van der Waals surface area contributed by atoms with Gasteiger partial charge in [0.1, 0.15) is 0 Å². The van der Waals surface area contributed by atoms with Gasteiger partial charge in [-0.05, 0) is 6.07 Å². The molecular formula is C7H9NO4. The average molecular weight is 171 g/mol. The molecule has 5 heteroatoms. The number of rotatable bonds is 3. The number of nitrogens with two attached hydrogens (primary N) is 1. The molecule has 0 fully saturated rings. The lowest BCUT2D eigenvalue weighted by atomic mass is 10.1. The average Bonchev–Trinajstić information content (AvgIpc) is 2.53. The summed E-state index contributed by atoms with van der Waals surface area (Å²) in [7, 11) is 0. The molecule has 0 aliphatic carbocycles. The standard InChI is InChI=1S/C7H9NO4/c8-5(6(9)7(10)11)4-1-2-12-3-4/h1-3,5-6,9H,8H2,(H,10,11)/t5-,6+/m0/s1. The lowest BCUT2D eigenvalue weighted by Gasteiger charge is -2.12. The Labute approximate surface area is 68.4 Å². The molecule has 0 aromatic carbocycles. The molecule has 0 saturated carbocycles. The fraction of sp³-hybridized carbons (Fsp3) is 0.286. The highest BCUT2D eigenvalue weighted by molar-refractivity contribution is 5.73. The number of carbonyl (C=O) groups is 1. The first-order valence-electron chi connectivity index (χ1n) is 3.31. The van der Waals surface area contributed by atoms with Gasteiger partial charge in [-0.15, -0.1) is 0 Å². The van der Waals surface area contributed by atoms with Crippen LogP contribution in [0.25, 0.3) is 0 Å². The van der Waals surface area contributed by atoms with E-state index in [0.29, 0.717) is 5.56 Å². The van der Waals surface area contributed by atoms with E-state index < -0.39 is 18.1 Å². The summed E-state index contributed by atoms with van der Waals surface area (Å²) in [4.78, 5) is 10.3. The van der Waals surface area contributed by atoms with Gasteiger partial charge in [-0.3, -0.25) is 0 Å². The van der Waals surface area contributed by atoms with Crippen LogP contribution in [0.3, 0.4) is 0 Å². The fourth-order valence-electron chi connectivity index (χ4n) is 0.801. The highest BCUT2D eigenvalue weighted by Crippen LogP contribution is 2.14. The Morgan fingerprint density at radius 1 is 1.67 bits per heavy atom. The Morgan fingerprint density at radius 2 is 2.33 bits per heavy atom. The molecule has 1 heterocycles. The smallest absolute Gasteiger partial charge is 0.334 e. The van der Waals surface area contributed by atoms with Gasteiger partial charge < -0.3 is 20.4 Å². The number of aliphatic carboxylic acids is 1. The van der Waals surface area contributed by atoms with Crippen LogP contribution in [0, 0.1) is 0 Å². The lowest BCUT2D eigenvalue weighted by molar-refractivity contribution is -0.147. The summed E-state index contributed by atoms with van der Waals surface area (Å²) in [6.45, 7) is 0. The summed E-state index contributed by atoms with van der Waals surface area (Å²) in [5.74, 6) is -1.34. The van der Waals surface area contributed by atoms with E-state index in [2.05, 4.69) is 4.42 Å². The zero-order valence-electron chi connectivity index (χ0n) is 6.18. The van der Waals surface area contributed by atoms with Crippen LogP contribution in [0.1, 0.15) is 11.6 Å². The SMILES string of the molecule is N[C@@H](c1ccoc1)[C@@H](O)C(=O)O. The van der Waals surface area contributed by atoms with E-state index in [9.17, 15) is 4.79 Å². The molecule has 12 heavy (non-hydrogen) atoms. The first-order chi connectivity index (χ1) is 5.63. The van der Waals surface area contributed by atoms with Gasteiger partial charge in [0.25, 0.3) is 0 Å². The predicted octanol–water partition coefficient (Wildman–Crippen LogP) is -0.275. The van der Waals surface area contributed by atoms with Crippen LogP contribution < -0.4 is 5.73 Å². The van der Waals surface area contributed by atoms with Crippen LogP contribution in [0.15, 0.2) is 23.0 Å². The Morgan fingerprint density at radius 3 is 2.75 bits per heavy atom.